The van der Waals surface area contributed by atoms with E-state index in [0.717, 1.165) is 6.26 Å². The van der Waals surface area contributed by atoms with Gasteiger partial charge < -0.3 is 9.64 Å². The SMILES string of the molecule is COc1c(Cl)cc(Cl)cc1C(=O)N1CCN(S(C)(=O)=O)CC1. The number of methoxy groups -OCH3 is 1. The highest BCUT2D eigenvalue weighted by molar-refractivity contribution is 7.88. The highest BCUT2D eigenvalue weighted by Gasteiger charge is 2.28. The lowest BCUT2D eigenvalue weighted by Gasteiger charge is -2.33. The van der Waals surface area contributed by atoms with Gasteiger partial charge in [0.1, 0.15) is 5.75 Å². The van der Waals surface area contributed by atoms with Crippen molar-refractivity contribution in [2.75, 3.05) is 39.5 Å². The van der Waals surface area contributed by atoms with Gasteiger partial charge in [0.2, 0.25) is 10.0 Å². The number of benzene rings is 1. The summed E-state index contributed by atoms with van der Waals surface area (Å²) in [5.41, 5.74) is 0.271. The Morgan fingerprint density at radius 1 is 1.18 bits per heavy atom. The van der Waals surface area contributed by atoms with Crippen molar-refractivity contribution in [1.82, 2.24) is 9.21 Å². The zero-order valence-electron chi connectivity index (χ0n) is 12.2. The maximum atomic E-state index is 12.6. The Kier molecular flexibility index (Phi) is 5.21. The van der Waals surface area contributed by atoms with E-state index in [1.54, 1.807) is 4.90 Å². The highest BCUT2D eigenvalue weighted by Crippen LogP contribution is 2.33. The molecule has 0 N–H and O–H groups in total. The summed E-state index contributed by atoms with van der Waals surface area (Å²) >= 11 is 12.0. The molecule has 0 unspecified atom stereocenters. The first-order valence-electron chi connectivity index (χ1n) is 6.51. The molecule has 0 radical (unpaired) electrons. The smallest absolute Gasteiger partial charge is 0.257 e. The van der Waals surface area contributed by atoms with E-state index in [9.17, 15) is 13.2 Å². The van der Waals surface area contributed by atoms with Crippen molar-refractivity contribution < 1.29 is 17.9 Å². The van der Waals surface area contributed by atoms with Gasteiger partial charge in [-0.05, 0) is 12.1 Å². The normalized spacial score (nSPS) is 16.6. The minimum atomic E-state index is -3.24. The molecule has 2 rings (SSSR count). The van der Waals surface area contributed by atoms with Crippen LogP contribution in [0.15, 0.2) is 12.1 Å². The van der Waals surface area contributed by atoms with Crippen molar-refractivity contribution in [3.05, 3.63) is 27.7 Å². The lowest BCUT2D eigenvalue weighted by molar-refractivity contribution is 0.0695. The van der Waals surface area contributed by atoms with Gasteiger partial charge in [0.05, 0.1) is 24.0 Å². The van der Waals surface area contributed by atoms with E-state index in [1.807, 2.05) is 0 Å². The van der Waals surface area contributed by atoms with Gasteiger partial charge in [-0.3, -0.25) is 4.79 Å². The van der Waals surface area contributed by atoms with Crippen molar-refractivity contribution in [1.29, 1.82) is 0 Å². The molecule has 0 spiro atoms. The molecule has 0 aliphatic carbocycles. The number of carbonyl (C=O) groups is 1. The van der Waals surface area contributed by atoms with Gasteiger partial charge in [0, 0.05) is 31.2 Å². The molecule has 1 aromatic rings. The van der Waals surface area contributed by atoms with E-state index in [-0.39, 0.29) is 35.3 Å². The van der Waals surface area contributed by atoms with E-state index < -0.39 is 10.0 Å². The van der Waals surface area contributed by atoms with Crippen LogP contribution in [0.1, 0.15) is 10.4 Å². The quantitative estimate of drug-likeness (QED) is 0.816. The van der Waals surface area contributed by atoms with Crippen LogP contribution in [0.5, 0.6) is 5.75 Å². The molecule has 0 atom stereocenters. The topological polar surface area (TPSA) is 66.9 Å². The fourth-order valence-electron chi connectivity index (χ4n) is 2.32. The van der Waals surface area contributed by atoms with Gasteiger partial charge in [-0.2, -0.15) is 4.31 Å². The van der Waals surface area contributed by atoms with Gasteiger partial charge in [0.15, 0.2) is 0 Å². The molecule has 0 aromatic heterocycles. The molecule has 6 nitrogen and oxygen atoms in total. The summed E-state index contributed by atoms with van der Waals surface area (Å²) in [5, 5.41) is 0.594. The Bertz CT molecular complexity index is 686. The number of sulfonamides is 1. The molecule has 1 amide bonds. The number of piperazine rings is 1. The number of hydrogen-bond donors (Lipinski definition) is 0. The molecule has 1 aliphatic rings. The molecule has 1 fully saturated rings. The number of hydrogen-bond acceptors (Lipinski definition) is 4. The van der Waals surface area contributed by atoms with Gasteiger partial charge in [-0.1, -0.05) is 23.2 Å². The third-order valence-corrected chi connectivity index (χ3v) is 5.24. The second kappa shape index (κ2) is 6.62. The predicted octanol–water partition coefficient (Wildman–Crippen LogP) is 1.72. The average Bonchev–Trinajstić information content (AvgIpc) is 2.45. The first-order chi connectivity index (χ1) is 10.2. The standard InChI is InChI=1S/C13H16Cl2N2O4S/c1-21-12-10(7-9(14)8-11(12)15)13(18)16-3-5-17(6-4-16)22(2,19)20/h7-8H,3-6H2,1-2H3. The van der Waals surface area contributed by atoms with Crippen molar-refractivity contribution in [2.24, 2.45) is 0 Å². The molecule has 9 heteroatoms. The molecule has 122 valence electrons. The third-order valence-electron chi connectivity index (χ3n) is 3.44. The van der Waals surface area contributed by atoms with Crippen molar-refractivity contribution in [3.8, 4) is 5.75 Å². The Labute approximate surface area is 139 Å². The predicted molar refractivity (Wildman–Crippen MR) is 85.3 cm³/mol. The molecular weight excluding hydrogens is 351 g/mol. The van der Waals surface area contributed by atoms with Crippen LogP contribution in [0.3, 0.4) is 0 Å². The Balaban J connectivity index is 2.20. The fraction of sp³-hybridized carbons (Fsp3) is 0.462. The maximum Gasteiger partial charge on any atom is 0.257 e. The second-order valence-electron chi connectivity index (χ2n) is 4.92. The van der Waals surface area contributed by atoms with Crippen molar-refractivity contribution >= 4 is 39.1 Å². The van der Waals surface area contributed by atoms with Crippen LogP contribution in [0.4, 0.5) is 0 Å². The van der Waals surface area contributed by atoms with Crippen LogP contribution in [0.25, 0.3) is 0 Å². The summed E-state index contributed by atoms with van der Waals surface area (Å²) in [5.74, 6) is -0.0176. The van der Waals surface area contributed by atoms with Crippen LogP contribution in [-0.2, 0) is 10.0 Å². The molecular formula is C13H16Cl2N2O4S. The summed E-state index contributed by atoms with van der Waals surface area (Å²) in [6, 6.07) is 3.00. The zero-order chi connectivity index (χ0) is 16.5. The lowest BCUT2D eigenvalue weighted by Crippen LogP contribution is -2.50. The summed E-state index contributed by atoms with van der Waals surface area (Å²) in [7, 11) is -1.81. The van der Waals surface area contributed by atoms with Crippen LogP contribution < -0.4 is 4.74 Å². The number of rotatable bonds is 3. The van der Waals surface area contributed by atoms with Gasteiger partial charge >= 0.3 is 0 Å². The van der Waals surface area contributed by atoms with Crippen LogP contribution in [0, 0.1) is 0 Å². The molecule has 0 bridgehead atoms. The van der Waals surface area contributed by atoms with Crippen molar-refractivity contribution in [3.63, 3.8) is 0 Å². The summed E-state index contributed by atoms with van der Waals surface area (Å²) in [6.07, 6.45) is 1.16. The van der Waals surface area contributed by atoms with Gasteiger partial charge in [0.25, 0.3) is 5.91 Å². The first-order valence-corrected chi connectivity index (χ1v) is 9.12. The largest absolute Gasteiger partial charge is 0.494 e. The van der Waals surface area contributed by atoms with Crippen LogP contribution in [-0.4, -0.2) is 63.1 Å². The Morgan fingerprint density at radius 3 is 2.27 bits per heavy atom. The monoisotopic (exact) mass is 366 g/mol. The van der Waals surface area contributed by atoms with E-state index in [0.29, 0.717) is 18.1 Å². The molecule has 1 aromatic carbocycles. The minimum Gasteiger partial charge on any atom is -0.494 e. The fourth-order valence-corrected chi connectivity index (χ4v) is 3.72. The molecule has 0 saturated carbocycles. The number of amides is 1. The number of ether oxygens (including phenoxy) is 1. The molecule has 1 heterocycles. The third kappa shape index (κ3) is 3.65. The average molecular weight is 367 g/mol. The molecule has 1 aliphatic heterocycles. The lowest BCUT2D eigenvalue weighted by atomic mass is 10.1. The Hall–Kier alpha value is -1.02. The molecule has 22 heavy (non-hydrogen) atoms. The van der Waals surface area contributed by atoms with E-state index in [1.165, 1.54) is 23.5 Å². The van der Waals surface area contributed by atoms with Crippen molar-refractivity contribution in [2.45, 2.75) is 0 Å². The van der Waals surface area contributed by atoms with E-state index >= 15 is 0 Å². The number of nitrogens with zero attached hydrogens (tertiary/aromatic N) is 2. The summed E-state index contributed by atoms with van der Waals surface area (Å²) in [4.78, 5) is 14.2. The first kappa shape index (κ1) is 17.3. The molecule has 1 saturated heterocycles. The number of halogens is 2. The second-order valence-corrected chi connectivity index (χ2v) is 7.75. The summed E-state index contributed by atoms with van der Waals surface area (Å²) in [6.45, 7) is 1.14. The number of carbonyl (C=O) groups excluding carboxylic acids is 1. The maximum absolute atomic E-state index is 12.6. The van der Waals surface area contributed by atoms with Crippen LogP contribution in [0.2, 0.25) is 10.0 Å². The minimum absolute atomic E-state index is 0.258. The van der Waals surface area contributed by atoms with Gasteiger partial charge in [-0.15, -0.1) is 0 Å². The summed E-state index contributed by atoms with van der Waals surface area (Å²) < 4.78 is 29.5. The van der Waals surface area contributed by atoms with Gasteiger partial charge in [-0.25, -0.2) is 8.42 Å². The highest BCUT2D eigenvalue weighted by atomic mass is 35.5. The van der Waals surface area contributed by atoms with E-state index in [2.05, 4.69) is 0 Å². The zero-order valence-corrected chi connectivity index (χ0v) is 14.5. The van der Waals surface area contributed by atoms with E-state index in [4.69, 9.17) is 27.9 Å². The van der Waals surface area contributed by atoms with Crippen LogP contribution >= 0.6 is 23.2 Å². The Morgan fingerprint density at radius 2 is 1.77 bits per heavy atom.